The molecule has 3 nitrogen and oxygen atoms in total. The van der Waals surface area contributed by atoms with Crippen LogP contribution in [0.15, 0.2) is 48.5 Å². The van der Waals surface area contributed by atoms with Gasteiger partial charge >= 0.3 is 0 Å². The molecule has 0 unspecified atom stereocenters. The summed E-state index contributed by atoms with van der Waals surface area (Å²) in [6.45, 7) is 0. The molecule has 1 heterocycles. The van der Waals surface area contributed by atoms with Gasteiger partial charge in [-0.15, -0.1) is 0 Å². The molecule has 0 bridgehead atoms. The lowest BCUT2D eigenvalue weighted by atomic mass is 9.81. The van der Waals surface area contributed by atoms with E-state index in [1.54, 1.807) is 0 Å². The number of anilines is 1. The minimum atomic E-state index is -0.603. The van der Waals surface area contributed by atoms with Crippen molar-refractivity contribution in [2.75, 3.05) is 5.32 Å². The summed E-state index contributed by atoms with van der Waals surface area (Å²) >= 11 is 0. The van der Waals surface area contributed by atoms with Gasteiger partial charge in [-0.05, 0) is 22.8 Å². The molecule has 19 heavy (non-hydrogen) atoms. The molecule has 4 rings (SSSR count). The maximum Gasteiger partial charge on any atom is 0.232 e. The standard InChI is InChI=1S/C16H13NO2/c18-15-10-6-2-1-5-9(10)14-13(15)11-7-3-4-8-12(11)17-16(14)19/h1-8,13-15,18H,(H,17,19)/t13-,14-,15+/m0/s1. The Labute approximate surface area is 110 Å². The van der Waals surface area contributed by atoms with Crippen LogP contribution in [0.4, 0.5) is 5.69 Å². The van der Waals surface area contributed by atoms with Gasteiger partial charge in [0, 0.05) is 11.6 Å². The maximum absolute atomic E-state index is 12.3. The fourth-order valence-electron chi connectivity index (χ4n) is 3.40. The molecule has 2 aromatic carbocycles. The Bertz CT molecular complexity index is 680. The molecule has 3 heteroatoms. The summed E-state index contributed by atoms with van der Waals surface area (Å²) in [4.78, 5) is 12.3. The number of fused-ring (bicyclic) bond motifs is 5. The first-order valence-corrected chi connectivity index (χ1v) is 6.44. The third-order valence-corrected chi connectivity index (χ3v) is 4.21. The second-order valence-corrected chi connectivity index (χ2v) is 5.15. The van der Waals surface area contributed by atoms with Gasteiger partial charge in [0.05, 0.1) is 12.0 Å². The second-order valence-electron chi connectivity index (χ2n) is 5.15. The number of aliphatic hydroxyl groups excluding tert-OH is 1. The van der Waals surface area contributed by atoms with Crippen molar-refractivity contribution in [1.82, 2.24) is 0 Å². The van der Waals surface area contributed by atoms with Crippen LogP contribution in [0.5, 0.6) is 0 Å². The molecular weight excluding hydrogens is 238 g/mol. The lowest BCUT2D eigenvalue weighted by Gasteiger charge is -2.30. The zero-order valence-electron chi connectivity index (χ0n) is 10.2. The summed E-state index contributed by atoms with van der Waals surface area (Å²) in [5.74, 6) is -0.462. The molecule has 0 saturated heterocycles. The summed E-state index contributed by atoms with van der Waals surface area (Å²) in [6.07, 6.45) is -0.603. The first-order valence-electron chi connectivity index (χ1n) is 6.44. The van der Waals surface area contributed by atoms with Crippen LogP contribution in [0.25, 0.3) is 0 Å². The van der Waals surface area contributed by atoms with Crippen LogP contribution in [0.3, 0.4) is 0 Å². The molecule has 2 aromatic rings. The predicted octanol–water partition coefficient (Wildman–Crippen LogP) is 2.55. The van der Waals surface area contributed by atoms with Gasteiger partial charge in [-0.2, -0.15) is 0 Å². The molecule has 94 valence electrons. The molecule has 0 saturated carbocycles. The van der Waals surface area contributed by atoms with E-state index in [4.69, 9.17) is 0 Å². The van der Waals surface area contributed by atoms with Crippen molar-refractivity contribution in [1.29, 1.82) is 0 Å². The Morgan fingerprint density at radius 2 is 1.53 bits per heavy atom. The number of nitrogens with one attached hydrogen (secondary N) is 1. The van der Waals surface area contributed by atoms with E-state index in [0.717, 1.165) is 22.4 Å². The first kappa shape index (κ1) is 10.8. The van der Waals surface area contributed by atoms with Gasteiger partial charge in [-0.3, -0.25) is 4.79 Å². The number of hydrogen-bond acceptors (Lipinski definition) is 2. The molecule has 3 atom stereocenters. The smallest absolute Gasteiger partial charge is 0.232 e. The van der Waals surface area contributed by atoms with Gasteiger partial charge in [0.1, 0.15) is 0 Å². The van der Waals surface area contributed by atoms with Gasteiger partial charge in [-0.25, -0.2) is 0 Å². The zero-order chi connectivity index (χ0) is 13.0. The highest BCUT2D eigenvalue weighted by molar-refractivity contribution is 6.01. The zero-order valence-corrected chi connectivity index (χ0v) is 10.2. The number of amides is 1. The van der Waals surface area contributed by atoms with Crippen LogP contribution < -0.4 is 5.32 Å². The molecule has 0 aromatic heterocycles. The first-order chi connectivity index (χ1) is 9.27. The van der Waals surface area contributed by atoms with Crippen LogP contribution in [0, 0.1) is 0 Å². The molecule has 0 spiro atoms. The summed E-state index contributed by atoms with van der Waals surface area (Å²) in [7, 11) is 0. The van der Waals surface area contributed by atoms with Crippen LogP contribution >= 0.6 is 0 Å². The molecule has 2 aliphatic rings. The summed E-state index contributed by atoms with van der Waals surface area (Å²) in [5, 5.41) is 13.5. The largest absolute Gasteiger partial charge is 0.388 e. The molecule has 2 N–H and O–H groups in total. The molecule has 0 radical (unpaired) electrons. The van der Waals surface area contributed by atoms with Gasteiger partial charge in [0.15, 0.2) is 0 Å². The number of para-hydroxylation sites is 1. The van der Waals surface area contributed by atoms with Gasteiger partial charge in [0.25, 0.3) is 0 Å². The number of carbonyl (C=O) groups is 1. The van der Waals surface area contributed by atoms with Crippen molar-refractivity contribution in [3.63, 3.8) is 0 Å². The minimum absolute atomic E-state index is 0.0206. The predicted molar refractivity (Wildman–Crippen MR) is 72.0 cm³/mol. The Morgan fingerprint density at radius 1 is 0.895 bits per heavy atom. The normalized spacial score (nSPS) is 27.2. The molecule has 1 aliphatic heterocycles. The van der Waals surface area contributed by atoms with Gasteiger partial charge in [0.2, 0.25) is 5.91 Å². The Kier molecular flexibility index (Phi) is 2.09. The average Bonchev–Trinajstić information content (AvgIpc) is 2.74. The summed E-state index contributed by atoms with van der Waals surface area (Å²) in [6, 6.07) is 15.4. The second kappa shape index (κ2) is 3.68. The number of hydrogen-bond donors (Lipinski definition) is 2. The Hall–Kier alpha value is -2.13. The fourth-order valence-corrected chi connectivity index (χ4v) is 3.40. The number of aliphatic hydroxyl groups is 1. The summed E-state index contributed by atoms with van der Waals surface area (Å²) in [5.41, 5.74) is 3.67. The van der Waals surface area contributed by atoms with E-state index in [9.17, 15) is 9.90 Å². The van der Waals surface area contributed by atoms with Crippen LogP contribution in [-0.4, -0.2) is 11.0 Å². The number of rotatable bonds is 0. The van der Waals surface area contributed by atoms with Crippen LogP contribution in [-0.2, 0) is 4.79 Å². The van der Waals surface area contributed by atoms with Gasteiger partial charge in [-0.1, -0.05) is 42.5 Å². The minimum Gasteiger partial charge on any atom is -0.388 e. The van der Waals surface area contributed by atoms with Crippen molar-refractivity contribution in [2.24, 2.45) is 0 Å². The Balaban J connectivity index is 1.96. The third-order valence-electron chi connectivity index (χ3n) is 4.21. The number of benzene rings is 2. The van der Waals surface area contributed by atoms with Crippen molar-refractivity contribution >= 4 is 11.6 Å². The van der Waals surface area contributed by atoms with Crippen molar-refractivity contribution in [3.05, 3.63) is 65.2 Å². The highest BCUT2D eigenvalue weighted by atomic mass is 16.3. The highest BCUT2D eigenvalue weighted by Crippen LogP contribution is 2.54. The van der Waals surface area contributed by atoms with Crippen molar-refractivity contribution < 1.29 is 9.90 Å². The van der Waals surface area contributed by atoms with E-state index in [2.05, 4.69) is 5.32 Å². The topological polar surface area (TPSA) is 49.3 Å². The molecule has 1 aliphatic carbocycles. The maximum atomic E-state index is 12.3. The quantitative estimate of drug-likeness (QED) is 0.756. The van der Waals surface area contributed by atoms with E-state index in [0.29, 0.717) is 0 Å². The van der Waals surface area contributed by atoms with Crippen molar-refractivity contribution in [2.45, 2.75) is 17.9 Å². The Morgan fingerprint density at radius 3 is 2.32 bits per heavy atom. The van der Waals surface area contributed by atoms with Crippen molar-refractivity contribution in [3.8, 4) is 0 Å². The third kappa shape index (κ3) is 1.33. The van der Waals surface area contributed by atoms with E-state index in [1.165, 1.54) is 0 Å². The van der Waals surface area contributed by atoms with E-state index in [-0.39, 0.29) is 17.7 Å². The SMILES string of the molecule is O=C1Nc2ccccc2[C@@H]2[C@H](O)c3ccccc3[C@H]12. The highest BCUT2D eigenvalue weighted by Gasteiger charge is 2.47. The van der Waals surface area contributed by atoms with Crippen LogP contribution in [0.1, 0.15) is 34.6 Å². The lowest BCUT2D eigenvalue weighted by Crippen LogP contribution is -2.30. The molecule has 1 amide bonds. The number of carbonyl (C=O) groups excluding carboxylic acids is 1. The van der Waals surface area contributed by atoms with E-state index < -0.39 is 6.10 Å². The fraction of sp³-hybridized carbons (Fsp3) is 0.188. The monoisotopic (exact) mass is 251 g/mol. The lowest BCUT2D eigenvalue weighted by molar-refractivity contribution is -0.118. The van der Waals surface area contributed by atoms with Crippen LogP contribution in [0.2, 0.25) is 0 Å². The summed E-state index contributed by atoms with van der Waals surface area (Å²) < 4.78 is 0. The molecule has 0 fully saturated rings. The average molecular weight is 251 g/mol. The molecular formula is C16H13NO2. The van der Waals surface area contributed by atoms with Gasteiger partial charge < -0.3 is 10.4 Å². The van der Waals surface area contributed by atoms with E-state index >= 15 is 0 Å². The van der Waals surface area contributed by atoms with E-state index in [1.807, 2.05) is 48.5 Å².